The fourth-order valence-electron chi connectivity index (χ4n) is 2.13. The summed E-state index contributed by atoms with van der Waals surface area (Å²) in [7, 11) is 3.49. The highest BCUT2D eigenvalue weighted by Crippen LogP contribution is 2.27. The van der Waals surface area contributed by atoms with E-state index in [0.29, 0.717) is 23.7 Å². The van der Waals surface area contributed by atoms with E-state index < -0.39 is 0 Å². The highest BCUT2D eigenvalue weighted by atomic mass is 35.5. The zero-order valence-electron chi connectivity index (χ0n) is 14.2. The maximum absolute atomic E-state index is 12.3. The molecule has 1 heterocycles. The number of benzene rings is 1. The molecule has 0 radical (unpaired) electrons. The molecule has 6 nitrogen and oxygen atoms in total. The average Bonchev–Trinajstić information content (AvgIpc) is 2.59. The minimum atomic E-state index is -0.147. The van der Waals surface area contributed by atoms with Crippen LogP contribution in [0.2, 0.25) is 0 Å². The van der Waals surface area contributed by atoms with Crippen molar-refractivity contribution in [3.05, 3.63) is 48.2 Å². The number of para-hydroxylation sites is 2. The summed E-state index contributed by atoms with van der Waals surface area (Å²) in [5.41, 5.74) is 1.26. The second kappa shape index (κ2) is 12.4. The molecule has 8 heteroatoms. The van der Waals surface area contributed by atoms with Crippen LogP contribution in [-0.2, 0) is 0 Å². The third-order valence-electron chi connectivity index (χ3n) is 3.30. The monoisotopic (exact) mass is 386 g/mol. The van der Waals surface area contributed by atoms with Crippen LogP contribution in [0, 0.1) is 0 Å². The zero-order valence-corrected chi connectivity index (χ0v) is 15.9. The number of carbonyl (C=O) groups is 1. The quantitative estimate of drug-likeness (QED) is 0.608. The third-order valence-corrected chi connectivity index (χ3v) is 3.30. The van der Waals surface area contributed by atoms with Gasteiger partial charge >= 0.3 is 0 Å². The molecule has 0 aliphatic carbocycles. The van der Waals surface area contributed by atoms with E-state index in [4.69, 9.17) is 4.74 Å². The van der Waals surface area contributed by atoms with Gasteiger partial charge in [-0.2, -0.15) is 0 Å². The minimum Gasteiger partial charge on any atom is -0.495 e. The van der Waals surface area contributed by atoms with Crippen molar-refractivity contribution in [2.45, 2.75) is 6.42 Å². The number of nitrogens with one attached hydrogen (secondary N) is 3. The van der Waals surface area contributed by atoms with E-state index in [1.165, 1.54) is 0 Å². The summed E-state index contributed by atoms with van der Waals surface area (Å²) in [6, 6.07) is 11.0. The highest BCUT2D eigenvalue weighted by Gasteiger charge is 2.13. The summed E-state index contributed by atoms with van der Waals surface area (Å²) in [6.07, 6.45) is 2.52. The fourth-order valence-corrected chi connectivity index (χ4v) is 2.13. The number of methoxy groups -OCH3 is 1. The van der Waals surface area contributed by atoms with E-state index in [2.05, 4.69) is 20.9 Å². The van der Waals surface area contributed by atoms with Gasteiger partial charge in [-0.25, -0.2) is 4.98 Å². The first-order valence-electron chi connectivity index (χ1n) is 7.54. The Morgan fingerprint density at radius 3 is 2.60 bits per heavy atom. The van der Waals surface area contributed by atoms with Crippen molar-refractivity contribution < 1.29 is 9.53 Å². The number of nitrogens with zero attached hydrogens (tertiary/aromatic N) is 1. The van der Waals surface area contributed by atoms with Gasteiger partial charge in [0.1, 0.15) is 11.6 Å². The smallest absolute Gasteiger partial charge is 0.255 e. The van der Waals surface area contributed by atoms with Crippen LogP contribution in [0.3, 0.4) is 0 Å². The van der Waals surface area contributed by atoms with Gasteiger partial charge in [-0.3, -0.25) is 4.79 Å². The molecule has 0 aliphatic rings. The van der Waals surface area contributed by atoms with Crippen LogP contribution in [0.5, 0.6) is 5.75 Å². The fraction of sp³-hybridized carbons (Fsp3) is 0.294. The molecule has 2 aromatic rings. The van der Waals surface area contributed by atoms with Gasteiger partial charge in [0.2, 0.25) is 0 Å². The first-order chi connectivity index (χ1) is 11.3. The van der Waals surface area contributed by atoms with Crippen LogP contribution < -0.4 is 20.7 Å². The number of anilines is 2. The molecule has 25 heavy (non-hydrogen) atoms. The molecular formula is C17H24Cl2N4O2. The molecule has 0 unspecified atom stereocenters. The van der Waals surface area contributed by atoms with Crippen molar-refractivity contribution >= 4 is 42.2 Å². The Kier molecular flexibility index (Phi) is 11.4. The number of pyridine rings is 1. The first-order valence-corrected chi connectivity index (χ1v) is 7.54. The van der Waals surface area contributed by atoms with Gasteiger partial charge in [-0.05, 0) is 44.3 Å². The zero-order chi connectivity index (χ0) is 16.5. The number of hydrogen-bond donors (Lipinski definition) is 3. The molecule has 0 atom stereocenters. The normalized spacial score (nSPS) is 9.36. The van der Waals surface area contributed by atoms with E-state index in [1.807, 2.05) is 31.3 Å². The van der Waals surface area contributed by atoms with Gasteiger partial charge in [0, 0.05) is 12.7 Å². The Hall–Kier alpha value is -2.02. The van der Waals surface area contributed by atoms with Gasteiger partial charge < -0.3 is 20.7 Å². The van der Waals surface area contributed by atoms with Crippen LogP contribution in [0.15, 0.2) is 42.6 Å². The topological polar surface area (TPSA) is 75.3 Å². The second-order valence-electron chi connectivity index (χ2n) is 4.94. The lowest BCUT2D eigenvalue weighted by Gasteiger charge is -2.13. The van der Waals surface area contributed by atoms with Crippen molar-refractivity contribution in [3.8, 4) is 5.75 Å². The van der Waals surface area contributed by atoms with Crippen LogP contribution in [0.1, 0.15) is 16.8 Å². The molecule has 2 rings (SSSR count). The molecule has 0 bridgehead atoms. The van der Waals surface area contributed by atoms with E-state index in [1.54, 1.807) is 25.4 Å². The molecule has 0 saturated heterocycles. The molecule has 0 spiro atoms. The summed E-state index contributed by atoms with van der Waals surface area (Å²) >= 11 is 0. The van der Waals surface area contributed by atoms with E-state index in [9.17, 15) is 4.79 Å². The molecule has 1 aromatic carbocycles. The van der Waals surface area contributed by atoms with Crippen molar-refractivity contribution in [3.63, 3.8) is 0 Å². The summed E-state index contributed by atoms with van der Waals surface area (Å²) in [4.78, 5) is 16.6. The van der Waals surface area contributed by atoms with Gasteiger partial charge in [0.25, 0.3) is 5.91 Å². The summed E-state index contributed by atoms with van der Waals surface area (Å²) in [6.45, 7) is 1.47. The standard InChI is InChI=1S/C17H22N4O2.2ClH/c1-18-10-6-12-20-17(22)13-7-5-11-19-16(13)21-14-8-3-4-9-15(14)23-2;;/h3-5,7-9,11,18H,6,10,12H2,1-2H3,(H,19,21)(H,20,22);2*1H. The maximum Gasteiger partial charge on any atom is 0.255 e. The van der Waals surface area contributed by atoms with Crippen LogP contribution in [-0.4, -0.2) is 38.1 Å². The Labute approximate surface area is 160 Å². The number of hydrogen-bond acceptors (Lipinski definition) is 5. The maximum atomic E-state index is 12.3. The van der Waals surface area contributed by atoms with Gasteiger partial charge in [0.05, 0.1) is 18.4 Å². The molecule has 1 aromatic heterocycles. The third kappa shape index (κ3) is 6.78. The SMILES string of the molecule is CNCCCNC(=O)c1cccnc1Nc1ccccc1OC.Cl.Cl. The molecular weight excluding hydrogens is 363 g/mol. The highest BCUT2D eigenvalue weighted by molar-refractivity contribution is 5.99. The predicted molar refractivity (Wildman–Crippen MR) is 106 cm³/mol. The van der Waals surface area contributed by atoms with Crippen molar-refractivity contribution in [2.75, 3.05) is 32.6 Å². The number of aromatic nitrogens is 1. The average molecular weight is 387 g/mol. The van der Waals surface area contributed by atoms with Crippen molar-refractivity contribution in [1.82, 2.24) is 15.6 Å². The van der Waals surface area contributed by atoms with Crippen LogP contribution in [0.4, 0.5) is 11.5 Å². The lowest BCUT2D eigenvalue weighted by Crippen LogP contribution is -2.27. The lowest BCUT2D eigenvalue weighted by molar-refractivity contribution is 0.0954. The molecule has 0 fully saturated rings. The van der Waals surface area contributed by atoms with Crippen LogP contribution in [0.25, 0.3) is 0 Å². The molecule has 1 amide bonds. The second-order valence-corrected chi connectivity index (χ2v) is 4.94. The lowest BCUT2D eigenvalue weighted by atomic mass is 10.2. The van der Waals surface area contributed by atoms with E-state index >= 15 is 0 Å². The number of amides is 1. The van der Waals surface area contributed by atoms with Crippen molar-refractivity contribution in [2.24, 2.45) is 0 Å². The number of carbonyl (C=O) groups excluding carboxylic acids is 1. The summed E-state index contributed by atoms with van der Waals surface area (Å²) in [5.74, 6) is 1.05. The number of halogens is 2. The van der Waals surface area contributed by atoms with Gasteiger partial charge in [0.15, 0.2) is 0 Å². The number of rotatable bonds is 8. The first kappa shape index (κ1) is 23.0. The molecule has 138 valence electrons. The van der Waals surface area contributed by atoms with Crippen molar-refractivity contribution in [1.29, 1.82) is 0 Å². The van der Waals surface area contributed by atoms with Gasteiger partial charge in [-0.1, -0.05) is 12.1 Å². The minimum absolute atomic E-state index is 0. The van der Waals surface area contributed by atoms with E-state index in [-0.39, 0.29) is 30.7 Å². The Balaban J connectivity index is 0.00000288. The molecule has 0 aliphatic heterocycles. The largest absolute Gasteiger partial charge is 0.495 e. The summed E-state index contributed by atoms with van der Waals surface area (Å²) in [5, 5.41) is 9.11. The van der Waals surface area contributed by atoms with Gasteiger partial charge in [-0.15, -0.1) is 24.8 Å². The Bertz CT molecular complexity index is 656. The number of ether oxygens (including phenoxy) is 1. The Morgan fingerprint density at radius 2 is 1.88 bits per heavy atom. The van der Waals surface area contributed by atoms with Crippen LogP contribution >= 0.6 is 24.8 Å². The molecule has 0 saturated carbocycles. The Morgan fingerprint density at radius 1 is 1.12 bits per heavy atom. The van der Waals surface area contributed by atoms with E-state index in [0.717, 1.165) is 18.7 Å². The summed E-state index contributed by atoms with van der Waals surface area (Å²) < 4.78 is 5.31. The predicted octanol–water partition coefficient (Wildman–Crippen LogP) is 3.02. The molecule has 3 N–H and O–H groups in total.